The molecule has 0 saturated heterocycles. The first kappa shape index (κ1) is 12.1. The molecule has 0 amide bonds. The van der Waals surface area contributed by atoms with E-state index in [1.807, 2.05) is 17.8 Å². The summed E-state index contributed by atoms with van der Waals surface area (Å²) < 4.78 is 1.83. The molecule has 1 N–H and O–H groups in total. The molecule has 100 valence electrons. The van der Waals surface area contributed by atoms with Gasteiger partial charge in [0, 0.05) is 18.8 Å². The topological polar surface area (TPSA) is 68.5 Å². The highest BCUT2D eigenvalue weighted by atomic mass is 15.3. The predicted octanol–water partition coefficient (Wildman–Crippen LogP) is 1.73. The van der Waals surface area contributed by atoms with E-state index < -0.39 is 0 Å². The van der Waals surface area contributed by atoms with Crippen molar-refractivity contribution in [2.24, 2.45) is 13.0 Å². The van der Waals surface area contributed by atoms with E-state index >= 15 is 0 Å². The number of hydrogen-bond acceptors (Lipinski definition) is 5. The van der Waals surface area contributed by atoms with Crippen molar-refractivity contribution >= 4 is 5.82 Å². The van der Waals surface area contributed by atoms with E-state index in [4.69, 9.17) is 0 Å². The number of nitrogens with one attached hydrogen (secondary N) is 1. The predicted molar refractivity (Wildman–Crippen MR) is 71.5 cm³/mol. The van der Waals surface area contributed by atoms with Crippen LogP contribution in [0.1, 0.15) is 37.3 Å². The van der Waals surface area contributed by atoms with Crippen LogP contribution in [-0.2, 0) is 13.5 Å². The molecule has 2 aromatic rings. The molecule has 0 spiro atoms. The van der Waals surface area contributed by atoms with Gasteiger partial charge in [-0.2, -0.15) is 5.10 Å². The third kappa shape index (κ3) is 2.57. The normalized spacial score (nSPS) is 16.3. The van der Waals surface area contributed by atoms with Crippen molar-refractivity contribution in [3.63, 3.8) is 0 Å². The quantitative estimate of drug-likeness (QED) is 0.884. The van der Waals surface area contributed by atoms with Gasteiger partial charge in [-0.15, -0.1) is 0 Å². The Kier molecular flexibility index (Phi) is 3.15. The number of anilines is 1. The van der Waals surface area contributed by atoms with Gasteiger partial charge in [0.2, 0.25) is 0 Å². The Balaban J connectivity index is 1.84. The lowest BCUT2D eigenvalue weighted by Crippen LogP contribution is -2.18. The van der Waals surface area contributed by atoms with Crippen molar-refractivity contribution in [1.82, 2.24) is 24.7 Å². The highest BCUT2D eigenvalue weighted by molar-refractivity contribution is 5.37. The standard InChI is InChI=1S/C13H18N6/c1-3-10-6-11(15-7-14-10)18-12(9-4-5-9)13-16-8-17-19(13)2/h6-9,12H,3-5H2,1-2H3,(H,14,15,18)/t12-/m1/s1. The molecule has 19 heavy (non-hydrogen) atoms. The summed E-state index contributed by atoms with van der Waals surface area (Å²) in [5.74, 6) is 2.47. The second kappa shape index (κ2) is 4.95. The lowest BCUT2D eigenvalue weighted by Gasteiger charge is -2.18. The van der Waals surface area contributed by atoms with Crippen LogP contribution < -0.4 is 5.32 Å². The summed E-state index contributed by atoms with van der Waals surface area (Å²) in [6, 6.07) is 2.19. The van der Waals surface area contributed by atoms with Gasteiger partial charge in [0.05, 0.1) is 6.04 Å². The molecule has 0 unspecified atom stereocenters. The number of rotatable bonds is 5. The second-order valence-electron chi connectivity index (χ2n) is 4.95. The van der Waals surface area contributed by atoms with Crippen LogP contribution in [0.4, 0.5) is 5.82 Å². The Hall–Kier alpha value is -1.98. The van der Waals surface area contributed by atoms with Gasteiger partial charge in [-0.3, -0.25) is 4.68 Å². The molecule has 0 radical (unpaired) electrons. The van der Waals surface area contributed by atoms with Crippen molar-refractivity contribution in [2.45, 2.75) is 32.2 Å². The lowest BCUT2D eigenvalue weighted by molar-refractivity contribution is 0.580. The van der Waals surface area contributed by atoms with Crippen LogP contribution in [0, 0.1) is 5.92 Å². The van der Waals surface area contributed by atoms with Gasteiger partial charge in [0.25, 0.3) is 0 Å². The Bertz CT molecular complexity index is 560. The van der Waals surface area contributed by atoms with E-state index in [9.17, 15) is 0 Å². The van der Waals surface area contributed by atoms with E-state index in [1.54, 1.807) is 12.7 Å². The zero-order valence-corrected chi connectivity index (χ0v) is 11.2. The average molecular weight is 258 g/mol. The van der Waals surface area contributed by atoms with Crippen LogP contribution in [-0.4, -0.2) is 24.7 Å². The maximum absolute atomic E-state index is 4.36. The average Bonchev–Trinajstić information content (AvgIpc) is 3.19. The van der Waals surface area contributed by atoms with E-state index in [2.05, 4.69) is 32.3 Å². The van der Waals surface area contributed by atoms with Crippen molar-refractivity contribution in [3.8, 4) is 0 Å². The minimum absolute atomic E-state index is 0.187. The molecule has 1 aliphatic rings. The highest BCUT2D eigenvalue weighted by Crippen LogP contribution is 2.41. The van der Waals surface area contributed by atoms with Gasteiger partial charge in [0.1, 0.15) is 24.3 Å². The molecule has 1 fully saturated rings. The Morgan fingerprint density at radius 2 is 2.16 bits per heavy atom. The summed E-state index contributed by atoms with van der Waals surface area (Å²) in [5, 5.41) is 7.64. The molecule has 0 aromatic carbocycles. The molecular weight excluding hydrogens is 240 g/mol. The molecule has 1 aliphatic carbocycles. The highest BCUT2D eigenvalue weighted by Gasteiger charge is 2.35. The zero-order valence-electron chi connectivity index (χ0n) is 11.2. The molecule has 6 nitrogen and oxygen atoms in total. The van der Waals surface area contributed by atoms with Crippen LogP contribution in [0.2, 0.25) is 0 Å². The van der Waals surface area contributed by atoms with Gasteiger partial charge < -0.3 is 5.32 Å². The summed E-state index contributed by atoms with van der Waals surface area (Å²) in [5.41, 5.74) is 1.05. The fourth-order valence-corrected chi connectivity index (χ4v) is 2.24. The summed E-state index contributed by atoms with van der Waals surface area (Å²) >= 11 is 0. The molecule has 0 bridgehead atoms. The maximum Gasteiger partial charge on any atom is 0.149 e. The molecule has 1 saturated carbocycles. The SMILES string of the molecule is CCc1cc(N[C@@H](c2ncnn2C)C2CC2)ncn1. The summed E-state index contributed by atoms with van der Waals surface area (Å²) in [4.78, 5) is 12.9. The van der Waals surface area contributed by atoms with Crippen molar-refractivity contribution in [1.29, 1.82) is 0 Å². The first-order chi connectivity index (χ1) is 9.28. The largest absolute Gasteiger partial charge is 0.360 e. The Labute approximate surface area is 112 Å². The van der Waals surface area contributed by atoms with Gasteiger partial charge in [-0.25, -0.2) is 15.0 Å². The number of hydrogen-bond donors (Lipinski definition) is 1. The van der Waals surface area contributed by atoms with Crippen molar-refractivity contribution in [2.75, 3.05) is 5.32 Å². The molecular formula is C13H18N6. The van der Waals surface area contributed by atoms with Gasteiger partial charge in [-0.1, -0.05) is 6.92 Å². The number of aryl methyl sites for hydroxylation is 2. The molecule has 3 rings (SSSR count). The molecule has 0 aliphatic heterocycles. The lowest BCUT2D eigenvalue weighted by atomic mass is 10.1. The van der Waals surface area contributed by atoms with Gasteiger partial charge in [-0.05, 0) is 25.2 Å². The summed E-state index contributed by atoms with van der Waals surface area (Å²) in [6.45, 7) is 2.09. The maximum atomic E-state index is 4.36. The van der Waals surface area contributed by atoms with Gasteiger partial charge in [0.15, 0.2) is 0 Å². The Morgan fingerprint density at radius 1 is 1.32 bits per heavy atom. The van der Waals surface area contributed by atoms with Crippen LogP contribution in [0.25, 0.3) is 0 Å². The Morgan fingerprint density at radius 3 is 2.79 bits per heavy atom. The second-order valence-corrected chi connectivity index (χ2v) is 4.95. The smallest absolute Gasteiger partial charge is 0.149 e. The fourth-order valence-electron chi connectivity index (χ4n) is 2.24. The van der Waals surface area contributed by atoms with E-state index in [0.29, 0.717) is 5.92 Å². The summed E-state index contributed by atoms with van der Waals surface area (Å²) in [7, 11) is 1.93. The third-order valence-electron chi connectivity index (χ3n) is 3.51. The first-order valence-corrected chi connectivity index (χ1v) is 6.69. The van der Waals surface area contributed by atoms with E-state index in [0.717, 1.165) is 23.8 Å². The zero-order chi connectivity index (χ0) is 13.2. The van der Waals surface area contributed by atoms with Crippen LogP contribution in [0.15, 0.2) is 18.7 Å². The van der Waals surface area contributed by atoms with Gasteiger partial charge >= 0.3 is 0 Å². The molecule has 6 heteroatoms. The van der Waals surface area contributed by atoms with Crippen molar-refractivity contribution < 1.29 is 0 Å². The summed E-state index contributed by atoms with van der Waals surface area (Å²) in [6.07, 6.45) is 6.59. The minimum Gasteiger partial charge on any atom is -0.360 e. The molecule has 1 atom stereocenters. The molecule has 2 aromatic heterocycles. The first-order valence-electron chi connectivity index (χ1n) is 6.69. The minimum atomic E-state index is 0.187. The van der Waals surface area contributed by atoms with Crippen LogP contribution in [0.3, 0.4) is 0 Å². The van der Waals surface area contributed by atoms with E-state index in [1.165, 1.54) is 12.8 Å². The van der Waals surface area contributed by atoms with Crippen LogP contribution in [0.5, 0.6) is 0 Å². The van der Waals surface area contributed by atoms with Crippen molar-refractivity contribution in [3.05, 3.63) is 30.2 Å². The fraction of sp³-hybridized carbons (Fsp3) is 0.538. The third-order valence-corrected chi connectivity index (χ3v) is 3.51. The number of aromatic nitrogens is 5. The van der Waals surface area contributed by atoms with E-state index in [-0.39, 0.29) is 6.04 Å². The number of nitrogens with zero attached hydrogens (tertiary/aromatic N) is 5. The molecule has 2 heterocycles. The monoisotopic (exact) mass is 258 g/mol. The van der Waals surface area contributed by atoms with Crippen LogP contribution >= 0.6 is 0 Å².